The zero-order valence-corrected chi connectivity index (χ0v) is 17.8. The minimum atomic E-state index is -3.04. The van der Waals surface area contributed by atoms with E-state index in [0.717, 1.165) is 11.1 Å². The molecule has 0 aliphatic rings. The Morgan fingerprint density at radius 3 is 2.34 bits per heavy atom. The molecule has 0 fully saturated rings. The lowest BCUT2D eigenvalue weighted by Crippen LogP contribution is -2.33. The fourth-order valence-corrected chi connectivity index (χ4v) is 3.42. The van der Waals surface area contributed by atoms with Crippen molar-refractivity contribution in [2.75, 3.05) is 5.32 Å². The van der Waals surface area contributed by atoms with Crippen LogP contribution in [0.4, 0.5) is 14.5 Å². The molecule has 0 radical (unpaired) electrons. The van der Waals surface area contributed by atoms with Gasteiger partial charge >= 0.3 is 6.61 Å². The van der Waals surface area contributed by atoms with Crippen LogP contribution < -0.4 is 10.1 Å². The summed E-state index contributed by atoms with van der Waals surface area (Å²) in [4.78, 5) is 26.6. The van der Waals surface area contributed by atoms with Crippen molar-refractivity contribution in [3.63, 3.8) is 0 Å². The topological polar surface area (TPSA) is 58.6 Å². The molecule has 0 aliphatic heterocycles. The van der Waals surface area contributed by atoms with Crippen LogP contribution in [0.15, 0.2) is 78.9 Å². The summed E-state index contributed by atoms with van der Waals surface area (Å²) in [6.45, 7) is 0.484. The highest BCUT2D eigenvalue weighted by Crippen LogP contribution is 2.29. The van der Waals surface area contributed by atoms with Gasteiger partial charge in [-0.3, -0.25) is 9.59 Å². The standard InChI is InChI=1S/C25H24F2N2O3/c1-17(20-11-8-12-21(15-20)28-18(2)30)29(16-19-9-4-3-5-10-19)24(31)22-13-6-7-14-23(22)32-25(26)27/h3-15,17,25H,16H2,1-2H3,(H,28,30). The van der Waals surface area contributed by atoms with Gasteiger partial charge in [0.1, 0.15) is 5.75 Å². The van der Waals surface area contributed by atoms with Crippen LogP contribution in [-0.4, -0.2) is 23.3 Å². The first kappa shape index (κ1) is 22.9. The lowest BCUT2D eigenvalue weighted by molar-refractivity contribution is -0.114. The summed E-state index contributed by atoms with van der Waals surface area (Å²) >= 11 is 0. The van der Waals surface area contributed by atoms with Crippen LogP contribution in [0.3, 0.4) is 0 Å². The summed E-state index contributed by atoms with van der Waals surface area (Å²) in [7, 11) is 0. The van der Waals surface area contributed by atoms with Gasteiger partial charge in [0, 0.05) is 19.2 Å². The minimum absolute atomic E-state index is 0.0496. The summed E-state index contributed by atoms with van der Waals surface area (Å²) in [5.41, 5.74) is 2.33. The van der Waals surface area contributed by atoms with Crippen LogP contribution >= 0.6 is 0 Å². The number of alkyl halides is 2. The Kier molecular flexibility index (Phi) is 7.54. The number of hydrogen-bond acceptors (Lipinski definition) is 3. The fourth-order valence-electron chi connectivity index (χ4n) is 3.42. The number of carbonyl (C=O) groups is 2. The molecule has 1 unspecified atom stereocenters. The number of ether oxygens (including phenoxy) is 1. The molecule has 5 nitrogen and oxygen atoms in total. The summed E-state index contributed by atoms with van der Waals surface area (Å²) in [6, 6.07) is 22.1. The largest absolute Gasteiger partial charge is 0.434 e. The molecule has 0 bridgehead atoms. The van der Waals surface area contributed by atoms with Crippen LogP contribution in [0.1, 0.15) is 41.4 Å². The Labute approximate surface area is 185 Å². The number of carbonyl (C=O) groups excluding carboxylic acids is 2. The van der Waals surface area contributed by atoms with E-state index in [1.807, 2.05) is 43.3 Å². The zero-order valence-electron chi connectivity index (χ0n) is 17.8. The number of benzene rings is 3. The second-order valence-corrected chi connectivity index (χ2v) is 7.28. The Hall–Kier alpha value is -3.74. The van der Waals surface area contributed by atoms with Gasteiger partial charge in [-0.05, 0) is 42.3 Å². The van der Waals surface area contributed by atoms with Gasteiger partial charge in [0.15, 0.2) is 0 Å². The number of anilines is 1. The first-order valence-corrected chi connectivity index (χ1v) is 10.1. The van der Waals surface area contributed by atoms with E-state index < -0.39 is 18.6 Å². The SMILES string of the molecule is CC(=O)Nc1cccc(C(C)N(Cc2ccccc2)C(=O)c2ccccc2OC(F)F)c1. The summed E-state index contributed by atoms with van der Waals surface area (Å²) < 4.78 is 30.4. The van der Waals surface area contributed by atoms with E-state index in [1.54, 1.807) is 29.2 Å². The number of nitrogens with zero attached hydrogens (tertiary/aromatic N) is 1. The highest BCUT2D eigenvalue weighted by Gasteiger charge is 2.26. The van der Waals surface area contributed by atoms with Crippen molar-refractivity contribution >= 4 is 17.5 Å². The van der Waals surface area contributed by atoms with E-state index in [4.69, 9.17) is 0 Å². The van der Waals surface area contributed by atoms with Gasteiger partial charge in [-0.15, -0.1) is 0 Å². The molecule has 1 N–H and O–H groups in total. The third-order valence-corrected chi connectivity index (χ3v) is 4.95. The van der Waals surface area contributed by atoms with Gasteiger partial charge in [0.25, 0.3) is 5.91 Å². The Balaban J connectivity index is 1.99. The number of para-hydroxylation sites is 1. The van der Waals surface area contributed by atoms with Crippen molar-refractivity contribution in [3.05, 3.63) is 95.6 Å². The molecule has 7 heteroatoms. The average Bonchev–Trinajstić information content (AvgIpc) is 2.77. The van der Waals surface area contributed by atoms with Gasteiger partial charge < -0.3 is 15.0 Å². The van der Waals surface area contributed by atoms with Crippen molar-refractivity contribution < 1.29 is 23.1 Å². The smallest absolute Gasteiger partial charge is 0.387 e. The highest BCUT2D eigenvalue weighted by atomic mass is 19.3. The van der Waals surface area contributed by atoms with Crippen LogP contribution in [0.25, 0.3) is 0 Å². The second kappa shape index (κ2) is 10.5. The van der Waals surface area contributed by atoms with Gasteiger partial charge in [-0.1, -0.05) is 54.6 Å². The molecule has 2 amide bonds. The molecule has 0 saturated heterocycles. The van der Waals surface area contributed by atoms with Crippen LogP contribution in [0, 0.1) is 0 Å². The Bertz CT molecular complexity index is 1070. The van der Waals surface area contributed by atoms with Crippen molar-refractivity contribution in [2.45, 2.75) is 33.0 Å². The van der Waals surface area contributed by atoms with E-state index in [1.165, 1.54) is 25.1 Å². The van der Waals surface area contributed by atoms with Crippen LogP contribution in [0.2, 0.25) is 0 Å². The first-order valence-electron chi connectivity index (χ1n) is 10.1. The van der Waals surface area contributed by atoms with Crippen LogP contribution in [-0.2, 0) is 11.3 Å². The maximum Gasteiger partial charge on any atom is 0.387 e. The first-order chi connectivity index (χ1) is 15.3. The molecule has 0 saturated carbocycles. The number of nitrogens with one attached hydrogen (secondary N) is 1. The van der Waals surface area contributed by atoms with Gasteiger partial charge in [0.2, 0.25) is 5.91 Å². The molecule has 0 spiro atoms. The summed E-state index contributed by atoms with van der Waals surface area (Å²) in [6.07, 6.45) is 0. The second-order valence-electron chi connectivity index (χ2n) is 7.28. The number of hydrogen-bond donors (Lipinski definition) is 1. The minimum Gasteiger partial charge on any atom is -0.434 e. The van der Waals surface area contributed by atoms with E-state index in [-0.39, 0.29) is 23.8 Å². The molecule has 0 heterocycles. The number of amides is 2. The van der Waals surface area contributed by atoms with E-state index in [0.29, 0.717) is 5.69 Å². The molecule has 166 valence electrons. The quantitative estimate of drug-likeness (QED) is 0.494. The van der Waals surface area contributed by atoms with Crippen molar-refractivity contribution in [3.8, 4) is 5.75 Å². The van der Waals surface area contributed by atoms with E-state index >= 15 is 0 Å². The lowest BCUT2D eigenvalue weighted by Gasteiger charge is -2.31. The van der Waals surface area contributed by atoms with Gasteiger partial charge in [-0.25, -0.2) is 0 Å². The molecule has 3 rings (SSSR count). The molecule has 0 aliphatic carbocycles. The lowest BCUT2D eigenvalue weighted by atomic mass is 10.0. The Morgan fingerprint density at radius 2 is 1.66 bits per heavy atom. The van der Waals surface area contributed by atoms with E-state index in [2.05, 4.69) is 10.1 Å². The highest BCUT2D eigenvalue weighted by molar-refractivity contribution is 5.97. The monoisotopic (exact) mass is 438 g/mol. The predicted molar refractivity (Wildman–Crippen MR) is 119 cm³/mol. The van der Waals surface area contributed by atoms with Gasteiger partial charge in [0.05, 0.1) is 11.6 Å². The third-order valence-electron chi connectivity index (χ3n) is 4.95. The molecule has 1 atom stereocenters. The normalized spacial score (nSPS) is 11.7. The maximum atomic E-state index is 13.6. The third kappa shape index (κ3) is 5.91. The number of halogens is 2. The van der Waals surface area contributed by atoms with Crippen molar-refractivity contribution in [2.24, 2.45) is 0 Å². The van der Waals surface area contributed by atoms with E-state index in [9.17, 15) is 18.4 Å². The molecular formula is C25H24F2N2O3. The Morgan fingerprint density at radius 1 is 0.969 bits per heavy atom. The maximum absolute atomic E-state index is 13.6. The van der Waals surface area contributed by atoms with Crippen LogP contribution in [0.5, 0.6) is 5.75 Å². The average molecular weight is 438 g/mol. The summed E-state index contributed by atoms with van der Waals surface area (Å²) in [5, 5.41) is 2.73. The number of rotatable bonds is 8. The molecular weight excluding hydrogens is 414 g/mol. The fraction of sp³-hybridized carbons (Fsp3) is 0.200. The molecule has 32 heavy (non-hydrogen) atoms. The molecule has 3 aromatic carbocycles. The zero-order chi connectivity index (χ0) is 23.1. The molecule has 3 aromatic rings. The van der Waals surface area contributed by atoms with Crippen molar-refractivity contribution in [1.29, 1.82) is 0 Å². The van der Waals surface area contributed by atoms with Crippen molar-refractivity contribution in [1.82, 2.24) is 4.90 Å². The molecule has 0 aromatic heterocycles. The predicted octanol–water partition coefficient (Wildman–Crippen LogP) is 5.65. The summed E-state index contributed by atoms with van der Waals surface area (Å²) in [5.74, 6) is -0.822. The van der Waals surface area contributed by atoms with Gasteiger partial charge in [-0.2, -0.15) is 8.78 Å².